The van der Waals surface area contributed by atoms with Crippen LogP contribution < -0.4 is 11.1 Å². The first-order valence-electron chi connectivity index (χ1n) is 5.41. The largest absolute Gasteiger partial charge is 0.393 e. The highest BCUT2D eigenvalue weighted by Gasteiger charge is 2.28. The van der Waals surface area contributed by atoms with E-state index in [1.165, 1.54) is 4.90 Å². The van der Waals surface area contributed by atoms with E-state index in [-0.39, 0.29) is 23.3 Å². The van der Waals surface area contributed by atoms with Gasteiger partial charge in [0.1, 0.15) is 0 Å². The van der Waals surface area contributed by atoms with E-state index in [1.54, 1.807) is 0 Å². The van der Waals surface area contributed by atoms with Gasteiger partial charge in [-0.2, -0.15) is 0 Å². The minimum absolute atomic E-state index is 0.113. The molecule has 0 aliphatic carbocycles. The highest BCUT2D eigenvalue weighted by atomic mass is 32.1. The maximum Gasteiger partial charge on any atom is 0.239 e. The van der Waals surface area contributed by atoms with Crippen molar-refractivity contribution in [1.82, 2.24) is 10.2 Å². The molecule has 90 valence electrons. The fraction of sp³-hybridized carbons (Fsp3) is 0.700. The smallest absolute Gasteiger partial charge is 0.239 e. The summed E-state index contributed by atoms with van der Waals surface area (Å²) in [6.07, 6.45) is 1.49. The predicted molar refractivity (Wildman–Crippen MR) is 64.8 cm³/mol. The molecular weight excluding hydrogens is 226 g/mol. The minimum atomic E-state index is -0.425. The lowest BCUT2D eigenvalue weighted by Gasteiger charge is -2.29. The summed E-state index contributed by atoms with van der Waals surface area (Å²) >= 11 is 4.89. The van der Waals surface area contributed by atoms with Crippen LogP contribution in [0.2, 0.25) is 0 Å². The molecule has 1 saturated heterocycles. The molecule has 2 amide bonds. The van der Waals surface area contributed by atoms with Gasteiger partial charge in [-0.3, -0.25) is 9.59 Å². The summed E-state index contributed by atoms with van der Waals surface area (Å²) in [7, 11) is 0. The summed E-state index contributed by atoms with van der Waals surface area (Å²) in [6.45, 7) is 3.12. The zero-order valence-electron chi connectivity index (χ0n) is 9.36. The van der Waals surface area contributed by atoms with E-state index in [0.717, 1.165) is 6.42 Å². The number of piperazine rings is 1. The summed E-state index contributed by atoms with van der Waals surface area (Å²) < 4.78 is 0. The zero-order valence-corrected chi connectivity index (χ0v) is 10.2. The van der Waals surface area contributed by atoms with Gasteiger partial charge in [-0.25, -0.2) is 0 Å². The highest BCUT2D eigenvalue weighted by molar-refractivity contribution is 7.80. The van der Waals surface area contributed by atoms with Crippen molar-refractivity contribution in [1.29, 1.82) is 0 Å². The fourth-order valence-electron chi connectivity index (χ4n) is 1.72. The molecule has 1 atom stereocenters. The number of nitrogens with zero attached hydrogens (tertiary/aromatic N) is 1. The topological polar surface area (TPSA) is 75.4 Å². The number of hydrogen-bond acceptors (Lipinski definition) is 3. The van der Waals surface area contributed by atoms with E-state index in [4.69, 9.17) is 18.0 Å². The number of carbonyl (C=O) groups excluding carboxylic acids is 2. The van der Waals surface area contributed by atoms with Gasteiger partial charge in [0.15, 0.2) is 0 Å². The minimum Gasteiger partial charge on any atom is -0.393 e. The monoisotopic (exact) mass is 243 g/mol. The van der Waals surface area contributed by atoms with Crippen LogP contribution in [0.5, 0.6) is 0 Å². The van der Waals surface area contributed by atoms with Crippen molar-refractivity contribution in [3.05, 3.63) is 0 Å². The summed E-state index contributed by atoms with van der Waals surface area (Å²) in [5, 5.41) is 2.67. The maximum atomic E-state index is 12.1. The van der Waals surface area contributed by atoms with Crippen LogP contribution in [-0.4, -0.2) is 41.3 Å². The molecule has 0 aromatic heterocycles. The molecule has 0 aromatic rings. The van der Waals surface area contributed by atoms with E-state index in [0.29, 0.717) is 19.5 Å². The molecule has 0 bridgehead atoms. The van der Waals surface area contributed by atoms with Gasteiger partial charge in [0.05, 0.1) is 17.5 Å². The highest BCUT2D eigenvalue weighted by Crippen LogP contribution is 2.12. The third-order valence-corrected chi connectivity index (χ3v) is 2.85. The second-order valence-corrected chi connectivity index (χ2v) is 4.32. The van der Waals surface area contributed by atoms with E-state index in [9.17, 15) is 9.59 Å². The van der Waals surface area contributed by atoms with Crippen molar-refractivity contribution < 1.29 is 9.59 Å². The Morgan fingerprint density at radius 3 is 2.88 bits per heavy atom. The van der Waals surface area contributed by atoms with E-state index < -0.39 is 5.92 Å². The van der Waals surface area contributed by atoms with Gasteiger partial charge in [0.25, 0.3) is 0 Å². The van der Waals surface area contributed by atoms with Gasteiger partial charge in [0.2, 0.25) is 11.8 Å². The van der Waals surface area contributed by atoms with Crippen LogP contribution >= 0.6 is 12.2 Å². The Balaban J connectivity index is 2.66. The van der Waals surface area contributed by atoms with Crippen molar-refractivity contribution >= 4 is 29.0 Å². The Labute approximate surface area is 100 Å². The molecule has 1 rings (SSSR count). The molecule has 1 aliphatic heterocycles. The number of nitrogens with one attached hydrogen (secondary N) is 1. The van der Waals surface area contributed by atoms with Gasteiger partial charge in [-0.15, -0.1) is 0 Å². The first-order chi connectivity index (χ1) is 7.56. The maximum absolute atomic E-state index is 12.1. The first-order valence-corrected chi connectivity index (χ1v) is 5.82. The van der Waals surface area contributed by atoms with Gasteiger partial charge in [0, 0.05) is 13.1 Å². The quantitative estimate of drug-likeness (QED) is 0.662. The van der Waals surface area contributed by atoms with Crippen LogP contribution in [0, 0.1) is 5.92 Å². The first kappa shape index (κ1) is 12.9. The molecular formula is C10H17N3O2S. The summed E-state index contributed by atoms with van der Waals surface area (Å²) in [6, 6.07) is 0. The van der Waals surface area contributed by atoms with Crippen LogP contribution in [0.3, 0.4) is 0 Å². The Morgan fingerprint density at radius 2 is 2.38 bits per heavy atom. The van der Waals surface area contributed by atoms with Crippen molar-refractivity contribution in [3.63, 3.8) is 0 Å². The van der Waals surface area contributed by atoms with Crippen molar-refractivity contribution in [2.75, 3.05) is 19.6 Å². The lowest BCUT2D eigenvalue weighted by Crippen LogP contribution is -2.52. The lowest BCUT2D eigenvalue weighted by atomic mass is 10.0. The molecule has 0 radical (unpaired) electrons. The number of hydrogen-bond donors (Lipinski definition) is 2. The molecule has 5 nitrogen and oxygen atoms in total. The molecule has 1 heterocycles. The SMILES string of the molecule is CCCC(C(=O)N1CCNC(=O)C1)C(N)=S. The van der Waals surface area contributed by atoms with Crippen LogP contribution in [0.15, 0.2) is 0 Å². The molecule has 0 saturated carbocycles. The molecule has 1 fully saturated rings. The molecule has 0 spiro atoms. The molecule has 3 N–H and O–H groups in total. The van der Waals surface area contributed by atoms with E-state index in [1.807, 2.05) is 6.92 Å². The van der Waals surface area contributed by atoms with Crippen LogP contribution in [0.4, 0.5) is 0 Å². The van der Waals surface area contributed by atoms with Gasteiger partial charge in [-0.05, 0) is 6.42 Å². The predicted octanol–water partition coefficient (Wildman–Crippen LogP) is -0.353. The van der Waals surface area contributed by atoms with Crippen LogP contribution in [-0.2, 0) is 9.59 Å². The second kappa shape index (κ2) is 5.79. The Morgan fingerprint density at radius 1 is 1.69 bits per heavy atom. The second-order valence-electron chi connectivity index (χ2n) is 3.85. The molecule has 0 aromatic carbocycles. The number of thiocarbonyl (C=S) groups is 1. The fourth-order valence-corrected chi connectivity index (χ4v) is 1.94. The molecule has 16 heavy (non-hydrogen) atoms. The van der Waals surface area contributed by atoms with Crippen molar-refractivity contribution in [2.45, 2.75) is 19.8 Å². The Kier molecular flexibility index (Phi) is 4.67. The van der Waals surface area contributed by atoms with Crippen LogP contribution in [0.25, 0.3) is 0 Å². The molecule has 6 heteroatoms. The van der Waals surface area contributed by atoms with E-state index in [2.05, 4.69) is 5.32 Å². The van der Waals surface area contributed by atoms with Gasteiger partial charge < -0.3 is 16.0 Å². The van der Waals surface area contributed by atoms with Gasteiger partial charge in [-0.1, -0.05) is 25.6 Å². The van der Waals surface area contributed by atoms with Crippen molar-refractivity contribution in [2.24, 2.45) is 11.7 Å². The average Bonchev–Trinajstić information content (AvgIpc) is 2.24. The summed E-state index contributed by atoms with van der Waals surface area (Å²) in [5.41, 5.74) is 5.55. The Bertz CT molecular complexity index is 306. The lowest BCUT2D eigenvalue weighted by molar-refractivity contribution is -0.139. The summed E-state index contributed by atoms with van der Waals surface area (Å²) in [4.78, 5) is 25.0. The molecule has 1 aliphatic rings. The van der Waals surface area contributed by atoms with Crippen molar-refractivity contribution in [3.8, 4) is 0 Å². The third-order valence-electron chi connectivity index (χ3n) is 2.57. The zero-order chi connectivity index (χ0) is 12.1. The standard InChI is InChI=1S/C10H17N3O2S/c1-2-3-7(9(11)16)10(15)13-5-4-12-8(14)6-13/h7H,2-6H2,1H3,(H2,11,16)(H,12,14). The average molecular weight is 243 g/mol. The number of carbonyl (C=O) groups is 2. The number of amides is 2. The third kappa shape index (κ3) is 3.16. The van der Waals surface area contributed by atoms with Gasteiger partial charge >= 0.3 is 0 Å². The number of nitrogens with two attached hydrogens (primary N) is 1. The summed E-state index contributed by atoms with van der Waals surface area (Å²) in [5.74, 6) is -0.673. The van der Waals surface area contributed by atoms with Crippen LogP contribution in [0.1, 0.15) is 19.8 Å². The normalized spacial score (nSPS) is 17.8. The Hall–Kier alpha value is -1.17. The number of rotatable bonds is 4. The molecule has 1 unspecified atom stereocenters. The van der Waals surface area contributed by atoms with E-state index >= 15 is 0 Å².